The zero-order chi connectivity index (χ0) is 12.0. The molecule has 0 bridgehead atoms. The van der Waals surface area contributed by atoms with E-state index in [-0.39, 0.29) is 18.3 Å². The normalized spacial score (nSPS) is 9.88. The molecule has 8 nitrogen and oxygen atoms in total. The Morgan fingerprint density at radius 1 is 1.50 bits per heavy atom. The molecule has 0 aromatic carbocycles. The van der Waals surface area contributed by atoms with E-state index < -0.39 is 5.91 Å². The highest BCUT2D eigenvalue weighted by Gasteiger charge is 2.20. The van der Waals surface area contributed by atoms with Crippen LogP contribution in [0.5, 0.6) is 0 Å². The van der Waals surface area contributed by atoms with E-state index in [1.54, 1.807) is 0 Å². The molecular weight excluding hydrogens is 212 g/mol. The highest BCUT2D eigenvalue weighted by Crippen LogP contribution is 1.98. The van der Waals surface area contributed by atoms with Gasteiger partial charge in [0.25, 0.3) is 11.7 Å². The number of rotatable bonds is 5. The molecule has 2 amide bonds. The van der Waals surface area contributed by atoms with Crippen molar-refractivity contribution < 1.29 is 9.59 Å². The van der Waals surface area contributed by atoms with Crippen molar-refractivity contribution in [3.63, 3.8) is 0 Å². The Morgan fingerprint density at radius 2 is 2.25 bits per heavy atom. The molecule has 2 N–H and O–H groups in total. The van der Waals surface area contributed by atoms with Crippen molar-refractivity contribution in [2.45, 2.75) is 13.3 Å². The van der Waals surface area contributed by atoms with Crippen LogP contribution in [0.3, 0.4) is 0 Å². The molecule has 1 heterocycles. The van der Waals surface area contributed by atoms with E-state index in [1.807, 2.05) is 6.92 Å². The number of amides is 2. The van der Waals surface area contributed by atoms with E-state index in [0.29, 0.717) is 6.54 Å². The van der Waals surface area contributed by atoms with Crippen LogP contribution in [-0.2, 0) is 4.79 Å². The first-order chi connectivity index (χ1) is 7.69. The van der Waals surface area contributed by atoms with Gasteiger partial charge in [-0.2, -0.15) is 5.21 Å². The Morgan fingerprint density at radius 3 is 2.75 bits per heavy atom. The summed E-state index contributed by atoms with van der Waals surface area (Å²) in [5, 5.41) is 15.1. The number of carbonyl (C=O) groups excluding carboxylic acids is 2. The fourth-order valence-corrected chi connectivity index (χ4v) is 1.17. The molecule has 0 saturated heterocycles. The molecule has 0 spiro atoms. The minimum atomic E-state index is -0.404. The largest absolute Gasteiger partial charge is 0.358 e. The van der Waals surface area contributed by atoms with Crippen molar-refractivity contribution in [1.82, 2.24) is 30.8 Å². The zero-order valence-corrected chi connectivity index (χ0v) is 9.23. The number of carbonyl (C=O) groups is 2. The summed E-state index contributed by atoms with van der Waals surface area (Å²) >= 11 is 0. The van der Waals surface area contributed by atoms with Gasteiger partial charge in [0.05, 0.1) is 6.54 Å². The second-order valence-electron chi connectivity index (χ2n) is 3.14. The second kappa shape index (κ2) is 5.79. The van der Waals surface area contributed by atoms with Crippen LogP contribution in [0.15, 0.2) is 0 Å². The van der Waals surface area contributed by atoms with Gasteiger partial charge in [0.2, 0.25) is 5.91 Å². The van der Waals surface area contributed by atoms with E-state index in [0.717, 1.165) is 6.42 Å². The van der Waals surface area contributed by atoms with Crippen molar-refractivity contribution in [3.05, 3.63) is 5.82 Å². The number of nitrogens with zero attached hydrogens (tertiary/aromatic N) is 4. The SMILES string of the molecule is CCCN(CC(=O)NC)C(=O)c1nn[nH]n1. The molecule has 0 aliphatic heterocycles. The van der Waals surface area contributed by atoms with Crippen molar-refractivity contribution in [2.75, 3.05) is 20.1 Å². The second-order valence-corrected chi connectivity index (χ2v) is 3.14. The van der Waals surface area contributed by atoms with Crippen LogP contribution in [-0.4, -0.2) is 57.5 Å². The number of hydrogen-bond donors (Lipinski definition) is 2. The lowest BCUT2D eigenvalue weighted by Gasteiger charge is -2.18. The Kier molecular flexibility index (Phi) is 4.37. The molecule has 0 unspecified atom stereocenters. The van der Waals surface area contributed by atoms with Crippen LogP contribution >= 0.6 is 0 Å². The van der Waals surface area contributed by atoms with Crippen molar-refractivity contribution >= 4 is 11.8 Å². The lowest BCUT2D eigenvalue weighted by molar-refractivity contribution is -0.121. The Hall–Kier alpha value is -1.99. The van der Waals surface area contributed by atoms with E-state index in [4.69, 9.17) is 0 Å². The monoisotopic (exact) mass is 226 g/mol. The lowest BCUT2D eigenvalue weighted by atomic mass is 10.3. The molecule has 0 fully saturated rings. The summed E-state index contributed by atoms with van der Waals surface area (Å²) in [6, 6.07) is 0. The number of H-pyrrole nitrogens is 1. The van der Waals surface area contributed by atoms with Gasteiger partial charge < -0.3 is 10.2 Å². The molecule has 8 heteroatoms. The molecule has 0 saturated carbocycles. The molecule has 0 atom stereocenters. The molecule has 0 radical (unpaired) electrons. The zero-order valence-electron chi connectivity index (χ0n) is 9.23. The minimum absolute atomic E-state index is 0.00227. The number of aromatic nitrogens is 4. The van der Waals surface area contributed by atoms with Gasteiger partial charge in [-0.05, 0) is 11.6 Å². The number of nitrogens with one attached hydrogen (secondary N) is 2. The number of likely N-dealkylation sites (N-methyl/N-ethyl adjacent to an activating group) is 1. The van der Waals surface area contributed by atoms with Crippen LogP contribution in [0.2, 0.25) is 0 Å². The van der Waals surface area contributed by atoms with Crippen LogP contribution in [0, 0.1) is 0 Å². The molecule has 0 aliphatic rings. The molecule has 16 heavy (non-hydrogen) atoms. The summed E-state index contributed by atoms with van der Waals surface area (Å²) in [4.78, 5) is 24.4. The quantitative estimate of drug-likeness (QED) is 0.656. The van der Waals surface area contributed by atoms with E-state index >= 15 is 0 Å². The average molecular weight is 226 g/mol. The van der Waals surface area contributed by atoms with Gasteiger partial charge in [0.1, 0.15) is 0 Å². The third-order valence-corrected chi connectivity index (χ3v) is 1.93. The topological polar surface area (TPSA) is 104 Å². The Balaban J connectivity index is 2.69. The summed E-state index contributed by atoms with van der Waals surface area (Å²) in [7, 11) is 1.52. The first-order valence-corrected chi connectivity index (χ1v) is 4.92. The predicted octanol–water partition coefficient (Wildman–Crippen LogP) is -1.20. The summed E-state index contributed by atoms with van der Waals surface area (Å²) in [5.41, 5.74) is 0. The average Bonchev–Trinajstić information content (AvgIpc) is 2.80. The summed E-state index contributed by atoms with van der Waals surface area (Å²) < 4.78 is 0. The van der Waals surface area contributed by atoms with Crippen LogP contribution < -0.4 is 5.32 Å². The summed E-state index contributed by atoms with van der Waals surface area (Å²) in [6.45, 7) is 2.39. The minimum Gasteiger partial charge on any atom is -0.358 e. The highest BCUT2D eigenvalue weighted by molar-refractivity contribution is 5.93. The van der Waals surface area contributed by atoms with E-state index in [1.165, 1.54) is 11.9 Å². The first kappa shape index (κ1) is 12.1. The number of aromatic amines is 1. The fourth-order valence-electron chi connectivity index (χ4n) is 1.17. The number of tetrazole rings is 1. The lowest BCUT2D eigenvalue weighted by Crippen LogP contribution is -2.40. The maximum absolute atomic E-state index is 11.8. The fraction of sp³-hybridized carbons (Fsp3) is 0.625. The van der Waals surface area contributed by atoms with Gasteiger partial charge in [0.15, 0.2) is 0 Å². The van der Waals surface area contributed by atoms with Crippen molar-refractivity contribution in [3.8, 4) is 0 Å². The summed E-state index contributed by atoms with van der Waals surface area (Å²) in [5.74, 6) is -0.665. The Labute approximate surface area is 92.4 Å². The molecule has 0 aliphatic carbocycles. The van der Waals surface area contributed by atoms with Crippen molar-refractivity contribution in [1.29, 1.82) is 0 Å². The third-order valence-electron chi connectivity index (χ3n) is 1.93. The first-order valence-electron chi connectivity index (χ1n) is 4.92. The highest BCUT2D eigenvalue weighted by atomic mass is 16.2. The maximum atomic E-state index is 11.8. The molecular formula is C8H14N6O2. The third kappa shape index (κ3) is 3.01. The van der Waals surface area contributed by atoms with Gasteiger partial charge in [0, 0.05) is 13.6 Å². The van der Waals surface area contributed by atoms with E-state index in [2.05, 4.69) is 25.9 Å². The van der Waals surface area contributed by atoms with Crippen LogP contribution in [0.4, 0.5) is 0 Å². The molecule has 1 aromatic heterocycles. The smallest absolute Gasteiger partial charge is 0.295 e. The van der Waals surface area contributed by atoms with Gasteiger partial charge >= 0.3 is 0 Å². The van der Waals surface area contributed by atoms with Crippen molar-refractivity contribution in [2.24, 2.45) is 0 Å². The number of hydrogen-bond acceptors (Lipinski definition) is 5. The maximum Gasteiger partial charge on any atom is 0.295 e. The van der Waals surface area contributed by atoms with Gasteiger partial charge in [-0.15, -0.1) is 10.2 Å². The van der Waals surface area contributed by atoms with E-state index in [9.17, 15) is 9.59 Å². The predicted molar refractivity (Wildman–Crippen MR) is 54.4 cm³/mol. The van der Waals surface area contributed by atoms with Gasteiger partial charge in [-0.1, -0.05) is 6.92 Å². The molecule has 1 rings (SSSR count). The Bertz CT molecular complexity index is 349. The summed E-state index contributed by atoms with van der Waals surface area (Å²) in [6.07, 6.45) is 0.751. The van der Waals surface area contributed by atoms with Crippen LogP contribution in [0.25, 0.3) is 0 Å². The molecule has 1 aromatic rings. The standard InChI is InChI=1S/C8H14N6O2/c1-3-4-14(5-6(15)9-2)8(16)7-10-12-13-11-7/h3-5H2,1-2H3,(H,9,15)(H,10,11,12,13). The molecule has 88 valence electrons. The van der Waals surface area contributed by atoms with Gasteiger partial charge in [-0.25, -0.2) is 0 Å². The van der Waals surface area contributed by atoms with Gasteiger partial charge in [-0.3, -0.25) is 9.59 Å². The van der Waals surface area contributed by atoms with Crippen LogP contribution in [0.1, 0.15) is 24.0 Å².